The van der Waals surface area contributed by atoms with E-state index in [1.54, 1.807) is 11.9 Å². The Morgan fingerprint density at radius 2 is 2.07 bits per heavy atom. The van der Waals surface area contributed by atoms with Gasteiger partial charge in [0.2, 0.25) is 5.91 Å². The van der Waals surface area contributed by atoms with E-state index < -0.39 is 11.9 Å². The number of urea groups is 1. The van der Waals surface area contributed by atoms with Crippen LogP contribution in [0.5, 0.6) is 11.5 Å². The van der Waals surface area contributed by atoms with E-state index in [4.69, 9.17) is 16.3 Å². The number of amides is 3. The molecule has 4 rings (SSSR count). The number of carbonyl (C=O) groups is 2. The van der Waals surface area contributed by atoms with E-state index in [9.17, 15) is 14.0 Å². The van der Waals surface area contributed by atoms with Gasteiger partial charge in [0, 0.05) is 32.1 Å². The van der Waals surface area contributed by atoms with Crippen LogP contribution >= 0.6 is 11.6 Å². The molecular formula is C22H23ClFN3O3. The minimum Gasteiger partial charge on any atom is -0.453 e. The molecule has 0 aliphatic carbocycles. The maximum atomic E-state index is 13.7. The number of hydrogen-bond donors (Lipinski definition) is 1. The first-order chi connectivity index (χ1) is 14.3. The molecule has 0 bridgehead atoms. The van der Waals surface area contributed by atoms with Crippen molar-refractivity contribution in [1.29, 1.82) is 0 Å². The Hall–Kier alpha value is -2.80. The summed E-state index contributed by atoms with van der Waals surface area (Å²) in [4.78, 5) is 28.7. The number of likely N-dealkylation sites (tertiary alicyclic amines) is 1. The van der Waals surface area contributed by atoms with Crippen LogP contribution in [0.3, 0.4) is 0 Å². The van der Waals surface area contributed by atoms with Crippen molar-refractivity contribution in [2.45, 2.75) is 38.8 Å². The second-order valence-electron chi connectivity index (χ2n) is 7.83. The normalized spacial score (nSPS) is 20.5. The van der Waals surface area contributed by atoms with E-state index in [1.807, 2.05) is 26.0 Å². The molecule has 6 nitrogen and oxygen atoms in total. The standard InChI is InChI=1S/C22H23ClFN3O3/c1-12-4-5-14-10-17(25-22(29)27-9-8-13(27)2)21(28)26(3)19(14)20(12)30-18-11-15(24)6-7-16(18)23/h4-7,11,13,17H,8-10H2,1-3H3,(H,25,29)/t13-,17-/m1/s1. The number of carbonyl (C=O) groups excluding carboxylic acids is 2. The maximum absolute atomic E-state index is 13.7. The molecule has 1 saturated heterocycles. The first kappa shape index (κ1) is 20.5. The number of anilines is 1. The van der Waals surface area contributed by atoms with Crippen LogP contribution in [0.15, 0.2) is 30.3 Å². The molecule has 8 heteroatoms. The molecule has 30 heavy (non-hydrogen) atoms. The van der Waals surface area contributed by atoms with Crippen molar-refractivity contribution in [1.82, 2.24) is 10.2 Å². The molecule has 2 aliphatic rings. The molecule has 1 fully saturated rings. The van der Waals surface area contributed by atoms with Crippen molar-refractivity contribution in [3.05, 3.63) is 52.3 Å². The summed E-state index contributed by atoms with van der Waals surface area (Å²) >= 11 is 6.16. The lowest BCUT2D eigenvalue weighted by molar-refractivity contribution is -0.120. The monoisotopic (exact) mass is 431 g/mol. The molecule has 0 unspecified atom stereocenters. The third-order valence-corrected chi connectivity index (χ3v) is 6.10. The molecule has 3 amide bonds. The minimum atomic E-state index is -0.656. The summed E-state index contributed by atoms with van der Waals surface area (Å²) in [5.41, 5.74) is 2.24. The Balaban J connectivity index is 1.64. The van der Waals surface area contributed by atoms with Crippen LogP contribution in [-0.4, -0.2) is 42.5 Å². The summed E-state index contributed by atoms with van der Waals surface area (Å²) in [5.74, 6) is -0.0812. The lowest BCUT2D eigenvalue weighted by Gasteiger charge is -2.40. The van der Waals surface area contributed by atoms with Crippen LogP contribution in [0, 0.1) is 12.7 Å². The minimum absolute atomic E-state index is 0.177. The number of likely N-dealkylation sites (N-methyl/N-ethyl adjacent to an activating group) is 1. The van der Waals surface area contributed by atoms with Gasteiger partial charge in [0.25, 0.3) is 0 Å². The van der Waals surface area contributed by atoms with Crippen LogP contribution in [-0.2, 0) is 11.2 Å². The first-order valence-corrected chi connectivity index (χ1v) is 10.2. The summed E-state index contributed by atoms with van der Waals surface area (Å²) in [6, 6.07) is 6.99. The molecule has 0 aromatic heterocycles. The Morgan fingerprint density at radius 3 is 2.73 bits per heavy atom. The van der Waals surface area contributed by atoms with Gasteiger partial charge in [-0.25, -0.2) is 9.18 Å². The fourth-order valence-corrected chi connectivity index (χ4v) is 4.01. The summed E-state index contributed by atoms with van der Waals surface area (Å²) in [7, 11) is 1.64. The van der Waals surface area contributed by atoms with Gasteiger partial charge in [-0.1, -0.05) is 23.7 Å². The maximum Gasteiger partial charge on any atom is 0.318 e. The van der Waals surface area contributed by atoms with Crippen molar-refractivity contribution < 1.29 is 18.7 Å². The molecule has 2 aromatic carbocycles. The lowest BCUT2D eigenvalue weighted by Crippen LogP contribution is -2.59. The fraction of sp³-hybridized carbons (Fsp3) is 0.364. The van der Waals surface area contributed by atoms with E-state index in [-0.39, 0.29) is 28.8 Å². The SMILES string of the molecule is Cc1ccc2c(c1Oc1cc(F)ccc1Cl)N(C)C(=O)[C@H](NC(=O)N1CC[C@H]1C)C2. The summed E-state index contributed by atoms with van der Waals surface area (Å²) < 4.78 is 19.7. The topological polar surface area (TPSA) is 61.9 Å². The predicted molar refractivity (Wildman–Crippen MR) is 113 cm³/mol. The van der Waals surface area contributed by atoms with E-state index >= 15 is 0 Å². The van der Waals surface area contributed by atoms with Crippen LogP contribution in [0.4, 0.5) is 14.9 Å². The summed E-state index contributed by atoms with van der Waals surface area (Å²) in [6.07, 6.45) is 1.32. The lowest BCUT2D eigenvalue weighted by atomic mass is 9.95. The number of nitrogens with one attached hydrogen (secondary N) is 1. The molecule has 2 aliphatic heterocycles. The molecule has 0 spiro atoms. The number of nitrogens with zero attached hydrogens (tertiary/aromatic N) is 2. The number of benzene rings is 2. The van der Waals surface area contributed by atoms with E-state index in [2.05, 4.69) is 5.32 Å². The zero-order chi connectivity index (χ0) is 21.6. The van der Waals surface area contributed by atoms with E-state index in [1.165, 1.54) is 23.1 Å². The molecule has 0 radical (unpaired) electrons. The zero-order valence-electron chi connectivity index (χ0n) is 17.0. The number of fused-ring (bicyclic) bond motifs is 1. The van der Waals surface area contributed by atoms with Crippen molar-refractivity contribution in [2.24, 2.45) is 0 Å². The van der Waals surface area contributed by atoms with Crippen molar-refractivity contribution in [3.8, 4) is 11.5 Å². The van der Waals surface area contributed by atoms with Crippen LogP contribution in [0.2, 0.25) is 5.02 Å². The van der Waals surface area contributed by atoms with Gasteiger partial charge >= 0.3 is 6.03 Å². The van der Waals surface area contributed by atoms with Crippen molar-refractivity contribution in [3.63, 3.8) is 0 Å². The Bertz CT molecular complexity index is 1030. The number of ether oxygens (including phenoxy) is 1. The summed E-state index contributed by atoms with van der Waals surface area (Å²) in [5, 5.41) is 3.13. The van der Waals surface area contributed by atoms with Gasteiger partial charge in [-0.2, -0.15) is 0 Å². The third-order valence-electron chi connectivity index (χ3n) is 5.78. The molecule has 0 saturated carbocycles. The average Bonchev–Trinajstić information content (AvgIpc) is 2.69. The van der Waals surface area contributed by atoms with Gasteiger partial charge < -0.3 is 19.9 Å². The van der Waals surface area contributed by atoms with E-state index in [0.717, 1.165) is 17.5 Å². The quantitative estimate of drug-likeness (QED) is 0.789. The molecule has 158 valence electrons. The highest BCUT2D eigenvalue weighted by atomic mass is 35.5. The van der Waals surface area contributed by atoms with Gasteiger partial charge in [0.15, 0.2) is 5.75 Å². The van der Waals surface area contributed by atoms with Gasteiger partial charge in [0.05, 0.1) is 10.7 Å². The number of aryl methyl sites for hydroxylation is 1. The highest BCUT2D eigenvalue weighted by Crippen LogP contribution is 2.42. The van der Waals surface area contributed by atoms with Crippen LogP contribution < -0.4 is 15.0 Å². The van der Waals surface area contributed by atoms with Crippen molar-refractivity contribution >= 4 is 29.2 Å². The average molecular weight is 432 g/mol. The number of halogens is 2. The molecule has 2 atom stereocenters. The van der Waals surface area contributed by atoms with Crippen molar-refractivity contribution in [2.75, 3.05) is 18.5 Å². The zero-order valence-corrected chi connectivity index (χ0v) is 17.8. The highest BCUT2D eigenvalue weighted by molar-refractivity contribution is 6.32. The second kappa shape index (κ2) is 7.80. The summed E-state index contributed by atoms with van der Waals surface area (Å²) in [6.45, 7) is 4.53. The largest absolute Gasteiger partial charge is 0.453 e. The molecule has 2 heterocycles. The smallest absolute Gasteiger partial charge is 0.318 e. The molecule has 1 N–H and O–H groups in total. The Morgan fingerprint density at radius 1 is 1.30 bits per heavy atom. The first-order valence-electron chi connectivity index (χ1n) is 9.86. The molecule has 2 aromatic rings. The van der Waals surface area contributed by atoms with Gasteiger partial charge in [-0.05, 0) is 43.5 Å². The number of rotatable bonds is 3. The van der Waals surface area contributed by atoms with E-state index in [0.29, 0.717) is 24.4 Å². The Labute approximate surface area is 179 Å². The van der Waals surface area contributed by atoms with Crippen LogP contribution in [0.1, 0.15) is 24.5 Å². The predicted octanol–water partition coefficient (Wildman–Crippen LogP) is 4.27. The number of hydrogen-bond acceptors (Lipinski definition) is 3. The fourth-order valence-electron chi connectivity index (χ4n) is 3.85. The highest BCUT2D eigenvalue weighted by Gasteiger charge is 2.37. The second-order valence-corrected chi connectivity index (χ2v) is 8.24. The molecular weight excluding hydrogens is 409 g/mol. The van der Waals surface area contributed by atoms with Gasteiger partial charge in [-0.3, -0.25) is 4.79 Å². The third kappa shape index (κ3) is 3.58. The van der Waals surface area contributed by atoms with Gasteiger partial charge in [-0.15, -0.1) is 0 Å². The Kier molecular flexibility index (Phi) is 5.32. The van der Waals surface area contributed by atoms with Crippen LogP contribution in [0.25, 0.3) is 0 Å². The van der Waals surface area contributed by atoms with Gasteiger partial charge in [0.1, 0.15) is 17.6 Å².